The van der Waals surface area contributed by atoms with Crippen LogP contribution in [0.25, 0.3) is 0 Å². The first kappa shape index (κ1) is 21.3. The van der Waals surface area contributed by atoms with Gasteiger partial charge in [-0.2, -0.15) is 0 Å². The lowest BCUT2D eigenvalue weighted by molar-refractivity contribution is 0.181. The van der Waals surface area contributed by atoms with Gasteiger partial charge in [-0.1, -0.05) is 45.0 Å². The number of aliphatic hydroxyl groups excluding tert-OH is 1. The van der Waals surface area contributed by atoms with E-state index in [1.54, 1.807) is 0 Å². The molecule has 0 fully saturated rings. The van der Waals surface area contributed by atoms with Gasteiger partial charge in [-0.3, -0.25) is 0 Å². The highest BCUT2D eigenvalue weighted by Crippen LogP contribution is 2.23. The van der Waals surface area contributed by atoms with E-state index >= 15 is 0 Å². The summed E-state index contributed by atoms with van der Waals surface area (Å²) in [5, 5.41) is 25.6. The molecule has 1 unspecified atom stereocenters. The van der Waals surface area contributed by atoms with Gasteiger partial charge in [0, 0.05) is 26.1 Å². The van der Waals surface area contributed by atoms with Gasteiger partial charge in [0.05, 0.1) is 6.10 Å². The second-order valence-corrected chi connectivity index (χ2v) is 8.61. The Morgan fingerprint density at radius 3 is 2.62 bits per heavy atom. The Kier molecular flexibility index (Phi) is 6.90. The van der Waals surface area contributed by atoms with Crippen LogP contribution in [0.5, 0.6) is 0 Å². The van der Waals surface area contributed by atoms with E-state index in [1.807, 2.05) is 19.1 Å². The van der Waals surface area contributed by atoms with Gasteiger partial charge in [-0.25, -0.2) is 4.99 Å². The van der Waals surface area contributed by atoms with Crippen molar-refractivity contribution in [3.63, 3.8) is 0 Å². The van der Waals surface area contributed by atoms with Crippen LogP contribution in [0.3, 0.4) is 0 Å². The molecule has 0 aliphatic carbocycles. The van der Waals surface area contributed by atoms with E-state index in [0.29, 0.717) is 19.0 Å². The third kappa shape index (κ3) is 5.56. The van der Waals surface area contributed by atoms with Crippen LogP contribution in [-0.2, 0) is 24.9 Å². The van der Waals surface area contributed by atoms with Gasteiger partial charge < -0.3 is 20.3 Å². The Bertz CT molecular complexity index is 819. The Balaban J connectivity index is 1.60. The van der Waals surface area contributed by atoms with Gasteiger partial charge in [-0.05, 0) is 36.3 Å². The molecule has 3 N–H and O–H groups in total. The van der Waals surface area contributed by atoms with E-state index in [1.165, 1.54) is 18.4 Å². The van der Waals surface area contributed by atoms with Crippen molar-refractivity contribution in [2.24, 2.45) is 4.99 Å². The Labute approximate surface area is 173 Å². The molecule has 158 valence electrons. The van der Waals surface area contributed by atoms with Crippen molar-refractivity contribution in [2.45, 2.75) is 71.6 Å². The van der Waals surface area contributed by atoms with Crippen LogP contribution in [0.1, 0.15) is 69.4 Å². The lowest BCUT2D eigenvalue weighted by atomic mass is 9.86. The molecule has 7 nitrogen and oxygen atoms in total. The Hall–Kier alpha value is -2.41. The maximum Gasteiger partial charge on any atom is 0.191 e. The number of aryl methyl sites for hydroxylation is 1. The Morgan fingerprint density at radius 1 is 1.17 bits per heavy atom. The molecule has 0 saturated carbocycles. The highest BCUT2D eigenvalue weighted by Gasteiger charge is 2.16. The summed E-state index contributed by atoms with van der Waals surface area (Å²) in [6.07, 6.45) is 2.74. The fraction of sp³-hybridized carbons (Fsp3) is 0.591. The summed E-state index contributed by atoms with van der Waals surface area (Å²) in [5.74, 6) is 2.63. The zero-order chi connectivity index (χ0) is 20.9. The molecule has 29 heavy (non-hydrogen) atoms. The molecule has 0 bridgehead atoms. The summed E-state index contributed by atoms with van der Waals surface area (Å²) in [4.78, 5) is 4.64. The normalized spacial score (nSPS) is 15.7. The molecular formula is C22H34N6O. The van der Waals surface area contributed by atoms with Gasteiger partial charge in [0.1, 0.15) is 12.4 Å². The van der Waals surface area contributed by atoms with Crippen LogP contribution in [0.2, 0.25) is 0 Å². The zero-order valence-electron chi connectivity index (χ0n) is 18.1. The second kappa shape index (κ2) is 9.39. The van der Waals surface area contributed by atoms with E-state index in [2.05, 4.69) is 63.3 Å². The van der Waals surface area contributed by atoms with Gasteiger partial charge in [-0.15, -0.1) is 10.2 Å². The number of hydrogen-bond donors (Lipinski definition) is 3. The highest BCUT2D eigenvalue weighted by atomic mass is 16.3. The topological polar surface area (TPSA) is 87.4 Å². The molecule has 0 amide bonds. The highest BCUT2D eigenvalue weighted by molar-refractivity contribution is 5.79. The van der Waals surface area contributed by atoms with Crippen LogP contribution in [0.15, 0.2) is 29.3 Å². The largest absolute Gasteiger partial charge is 0.387 e. The van der Waals surface area contributed by atoms with Crippen molar-refractivity contribution >= 4 is 5.96 Å². The zero-order valence-corrected chi connectivity index (χ0v) is 18.1. The first-order valence-electron chi connectivity index (χ1n) is 10.6. The fourth-order valence-electron chi connectivity index (χ4n) is 3.49. The molecule has 1 aliphatic rings. The minimum absolute atomic E-state index is 0.105. The van der Waals surface area contributed by atoms with Crippen molar-refractivity contribution in [3.05, 3.63) is 47.0 Å². The lowest BCUT2D eigenvalue weighted by Crippen LogP contribution is -2.39. The number of nitrogens with one attached hydrogen (secondary N) is 2. The minimum atomic E-state index is -0.603. The molecule has 0 saturated heterocycles. The van der Waals surface area contributed by atoms with E-state index in [0.717, 1.165) is 36.7 Å². The van der Waals surface area contributed by atoms with E-state index in [9.17, 15) is 5.11 Å². The van der Waals surface area contributed by atoms with Crippen molar-refractivity contribution in [1.29, 1.82) is 0 Å². The molecule has 1 aromatic heterocycles. The number of guanidine groups is 1. The van der Waals surface area contributed by atoms with Crippen molar-refractivity contribution in [3.8, 4) is 0 Å². The molecular weight excluding hydrogens is 364 g/mol. The standard InChI is InChI=1S/C22H34N6O/c1-5-23-21(25-15-20-27-26-19-8-6-7-13-28(19)20)24-14-18(29)16-9-11-17(12-10-16)22(2,3)4/h9-12,18,29H,5-8,13-15H2,1-4H3,(H2,23,24,25). The summed E-state index contributed by atoms with van der Waals surface area (Å²) < 4.78 is 2.18. The van der Waals surface area contributed by atoms with E-state index in [-0.39, 0.29) is 5.41 Å². The average Bonchev–Trinajstić information content (AvgIpc) is 3.12. The number of aromatic nitrogens is 3. The third-order valence-corrected chi connectivity index (χ3v) is 5.28. The monoisotopic (exact) mass is 398 g/mol. The number of benzene rings is 1. The van der Waals surface area contributed by atoms with Crippen molar-refractivity contribution < 1.29 is 5.11 Å². The van der Waals surface area contributed by atoms with Gasteiger partial charge >= 0.3 is 0 Å². The lowest BCUT2D eigenvalue weighted by Gasteiger charge is -2.20. The predicted molar refractivity (Wildman–Crippen MR) is 116 cm³/mol. The number of aliphatic imine (C=N–C) groups is 1. The molecule has 2 aromatic rings. The number of nitrogens with zero attached hydrogens (tertiary/aromatic N) is 4. The minimum Gasteiger partial charge on any atom is -0.387 e. The second-order valence-electron chi connectivity index (χ2n) is 8.61. The molecule has 1 aliphatic heterocycles. The van der Waals surface area contributed by atoms with Crippen molar-refractivity contribution in [1.82, 2.24) is 25.4 Å². The van der Waals surface area contributed by atoms with Gasteiger partial charge in [0.25, 0.3) is 0 Å². The quantitative estimate of drug-likeness (QED) is 0.514. The van der Waals surface area contributed by atoms with Gasteiger partial charge in [0.15, 0.2) is 11.8 Å². The predicted octanol–water partition coefficient (Wildman–Crippen LogP) is 2.70. The fourth-order valence-corrected chi connectivity index (χ4v) is 3.49. The maximum absolute atomic E-state index is 10.6. The number of rotatable bonds is 6. The van der Waals surface area contributed by atoms with Crippen molar-refractivity contribution in [2.75, 3.05) is 13.1 Å². The molecule has 2 heterocycles. The molecule has 1 atom stereocenters. The molecule has 0 radical (unpaired) electrons. The average molecular weight is 399 g/mol. The smallest absolute Gasteiger partial charge is 0.191 e. The van der Waals surface area contributed by atoms with E-state index < -0.39 is 6.10 Å². The summed E-state index contributed by atoms with van der Waals surface area (Å²) in [6.45, 7) is 11.2. The SMILES string of the molecule is CCNC(=NCc1nnc2n1CCCC2)NCC(O)c1ccc(C(C)(C)C)cc1. The third-order valence-electron chi connectivity index (χ3n) is 5.28. The van der Waals surface area contributed by atoms with Gasteiger partial charge in [0.2, 0.25) is 0 Å². The number of hydrogen-bond acceptors (Lipinski definition) is 4. The summed E-state index contributed by atoms with van der Waals surface area (Å²) in [6, 6.07) is 8.18. The summed E-state index contributed by atoms with van der Waals surface area (Å²) in [5.41, 5.74) is 2.26. The first-order chi connectivity index (χ1) is 13.9. The summed E-state index contributed by atoms with van der Waals surface area (Å²) >= 11 is 0. The number of fused-ring (bicyclic) bond motifs is 1. The van der Waals surface area contributed by atoms with Crippen LogP contribution in [-0.4, -0.2) is 38.9 Å². The molecule has 7 heteroatoms. The molecule has 1 aromatic carbocycles. The van der Waals surface area contributed by atoms with Crippen LogP contribution >= 0.6 is 0 Å². The maximum atomic E-state index is 10.6. The van der Waals surface area contributed by atoms with Crippen LogP contribution in [0.4, 0.5) is 0 Å². The first-order valence-corrected chi connectivity index (χ1v) is 10.6. The Morgan fingerprint density at radius 2 is 1.93 bits per heavy atom. The molecule has 0 spiro atoms. The summed E-state index contributed by atoms with van der Waals surface area (Å²) in [7, 11) is 0. The number of aliphatic hydroxyl groups is 1. The molecule has 3 rings (SSSR count). The van der Waals surface area contributed by atoms with Crippen LogP contribution in [0, 0.1) is 0 Å². The van der Waals surface area contributed by atoms with E-state index in [4.69, 9.17) is 0 Å². The van der Waals surface area contributed by atoms with Crippen LogP contribution < -0.4 is 10.6 Å².